The summed E-state index contributed by atoms with van der Waals surface area (Å²) >= 11 is 0. The number of alkyl halides is 3. The van der Waals surface area contributed by atoms with Gasteiger partial charge >= 0.3 is 6.18 Å². The summed E-state index contributed by atoms with van der Waals surface area (Å²) in [6.45, 7) is 0.0504. The molecule has 1 saturated carbocycles. The fraction of sp³-hybridized carbons (Fsp3) is 0.667. The molecule has 5 nitrogen and oxygen atoms in total. The van der Waals surface area contributed by atoms with Crippen molar-refractivity contribution in [2.75, 3.05) is 13.6 Å². The summed E-state index contributed by atoms with van der Waals surface area (Å²) < 4.78 is 38.2. The van der Waals surface area contributed by atoms with Crippen LogP contribution in [-0.4, -0.2) is 45.5 Å². The number of likely N-dealkylation sites (N-methyl/N-ethyl adjacent to an activating group) is 1. The Morgan fingerprint density at radius 2 is 2.15 bits per heavy atom. The fourth-order valence-corrected chi connectivity index (χ4v) is 1.99. The number of nitrogens with zero attached hydrogens (tertiary/aromatic N) is 3. The van der Waals surface area contributed by atoms with Gasteiger partial charge in [-0.2, -0.15) is 18.3 Å². The molecule has 0 radical (unpaired) electrons. The largest absolute Gasteiger partial charge is 0.435 e. The van der Waals surface area contributed by atoms with Gasteiger partial charge in [0.1, 0.15) is 0 Å². The SMILES string of the molecule is CN(CC(O)Cn1nc(C(F)(F)F)ccc1=O)C1CC1. The Morgan fingerprint density at radius 3 is 2.70 bits per heavy atom. The van der Waals surface area contributed by atoms with Crippen molar-refractivity contribution in [3.05, 3.63) is 28.2 Å². The van der Waals surface area contributed by atoms with Gasteiger partial charge in [-0.3, -0.25) is 4.79 Å². The number of aliphatic hydroxyl groups is 1. The van der Waals surface area contributed by atoms with E-state index in [9.17, 15) is 23.1 Å². The third kappa shape index (κ3) is 3.80. The van der Waals surface area contributed by atoms with E-state index in [0.717, 1.165) is 18.9 Å². The average molecular weight is 291 g/mol. The molecule has 112 valence electrons. The lowest BCUT2D eigenvalue weighted by atomic mass is 10.3. The molecule has 1 aliphatic rings. The lowest BCUT2D eigenvalue weighted by Crippen LogP contribution is -2.37. The topological polar surface area (TPSA) is 58.4 Å². The molecule has 0 spiro atoms. The molecule has 0 aromatic carbocycles. The van der Waals surface area contributed by atoms with Crippen LogP contribution in [-0.2, 0) is 12.7 Å². The number of hydrogen-bond acceptors (Lipinski definition) is 4. The molecule has 1 heterocycles. The normalized spacial score (nSPS) is 17.5. The Labute approximate surface area is 113 Å². The van der Waals surface area contributed by atoms with Crippen molar-refractivity contribution in [3.63, 3.8) is 0 Å². The molecule has 1 aliphatic carbocycles. The van der Waals surface area contributed by atoms with Crippen LogP contribution in [0.5, 0.6) is 0 Å². The second kappa shape index (κ2) is 5.53. The molecular formula is C12H16F3N3O2. The number of aliphatic hydroxyl groups excluding tert-OH is 1. The summed E-state index contributed by atoms with van der Waals surface area (Å²) in [4.78, 5) is 13.4. The Hall–Kier alpha value is -1.41. The Kier molecular flexibility index (Phi) is 4.14. The van der Waals surface area contributed by atoms with E-state index < -0.39 is 23.5 Å². The molecule has 0 bridgehead atoms. The fourth-order valence-electron chi connectivity index (χ4n) is 1.99. The van der Waals surface area contributed by atoms with E-state index >= 15 is 0 Å². The quantitative estimate of drug-likeness (QED) is 0.868. The molecule has 1 aromatic heterocycles. The minimum absolute atomic E-state index is 0.250. The zero-order chi connectivity index (χ0) is 14.9. The number of aromatic nitrogens is 2. The molecule has 0 saturated heterocycles. The van der Waals surface area contributed by atoms with E-state index in [1.807, 2.05) is 11.9 Å². The summed E-state index contributed by atoms with van der Waals surface area (Å²) in [5.41, 5.74) is -1.80. The third-order valence-corrected chi connectivity index (χ3v) is 3.21. The van der Waals surface area contributed by atoms with Gasteiger partial charge in [-0.05, 0) is 26.0 Å². The third-order valence-electron chi connectivity index (χ3n) is 3.21. The van der Waals surface area contributed by atoms with E-state index in [1.165, 1.54) is 0 Å². The van der Waals surface area contributed by atoms with Gasteiger partial charge in [0.05, 0.1) is 12.6 Å². The number of halogens is 3. The summed E-state index contributed by atoms with van der Waals surface area (Å²) in [6, 6.07) is 1.88. The predicted molar refractivity (Wildman–Crippen MR) is 65.2 cm³/mol. The van der Waals surface area contributed by atoms with E-state index in [2.05, 4.69) is 5.10 Å². The maximum atomic E-state index is 12.5. The van der Waals surface area contributed by atoms with Crippen LogP contribution in [0.4, 0.5) is 13.2 Å². The van der Waals surface area contributed by atoms with E-state index in [-0.39, 0.29) is 6.54 Å². The van der Waals surface area contributed by atoms with Crippen LogP contribution in [0.25, 0.3) is 0 Å². The van der Waals surface area contributed by atoms with Gasteiger partial charge in [0.15, 0.2) is 5.69 Å². The highest BCUT2D eigenvalue weighted by molar-refractivity contribution is 5.04. The molecule has 1 aromatic rings. The lowest BCUT2D eigenvalue weighted by Gasteiger charge is -2.20. The summed E-state index contributed by atoms with van der Waals surface area (Å²) in [5, 5.41) is 13.1. The number of rotatable bonds is 5. The Morgan fingerprint density at radius 1 is 1.50 bits per heavy atom. The molecule has 1 unspecified atom stereocenters. The second-order valence-corrected chi connectivity index (χ2v) is 5.06. The van der Waals surface area contributed by atoms with E-state index in [0.29, 0.717) is 23.3 Å². The first kappa shape index (κ1) is 15.0. The van der Waals surface area contributed by atoms with Gasteiger partial charge < -0.3 is 10.0 Å². The summed E-state index contributed by atoms with van der Waals surface area (Å²) in [7, 11) is 1.84. The van der Waals surface area contributed by atoms with Crippen molar-refractivity contribution < 1.29 is 18.3 Å². The number of hydrogen-bond donors (Lipinski definition) is 1. The second-order valence-electron chi connectivity index (χ2n) is 5.06. The maximum Gasteiger partial charge on any atom is 0.435 e. The monoisotopic (exact) mass is 291 g/mol. The van der Waals surface area contributed by atoms with Gasteiger partial charge in [0, 0.05) is 18.7 Å². The standard InChI is InChI=1S/C12H16F3N3O2/c1-17(8-2-3-8)6-9(19)7-18-11(20)5-4-10(16-18)12(13,14)15/h4-5,8-9,19H,2-3,6-7H2,1H3. The first-order valence-corrected chi connectivity index (χ1v) is 6.31. The highest BCUT2D eigenvalue weighted by atomic mass is 19.4. The zero-order valence-corrected chi connectivity index (χ0v) is 11.0. The maximum absolute atomic E-state index is 12.5. The molecule has 0 aliphatic heterocycles. The van der Waals surface area contributed by atoms with Crippen LogP contribution in [0.2, 0.25) is 0 Å². The van der Waals surface area contributed by atoms with Crippen LogP contribution in [0.15, 0.2) is 16.9 Å². The van der Waals surface area contributed by atoms with Gasteiger partial charge in [0.25, 0.3) is 5.56 Å². The minimum Gasteiger partial charge on any atom is -0.390 e. The van der Waals surface area contributed by atoms with Crippen LogP contribution in [0.3, 0.4) is 0 Å². The highest BCUT2D eigenvalue weighted by Crippen LogP contribution is 2.26. The van der Waals surface area contributed by atoms with Crippen molar-refractivity contribution in [1.82, 2.24) is 14.7 Å². The Bertz CT molecular complexity index is 525. The van der Waals surface area contributed by atoms with Crippen LogP contribution >= 0.6 is 0 Å². The molecule has 8 heteroatoms. The molecule has 1 N–H and O–H groups in total. The van der Waals surface area contributed by atoms with Crippen molar-refractivity contribution in [3.8, 4) is 0 Å². The summed E-state index contributed by atoms with van der Waals surface area (Å²) in [6.07, 6.45) is -3.42. The minimum atomic E-state index is -4.61. The highest BCUT2D eigenvalue weighted by Gasteiger charge is 2.33. The first-order chi connectivity index (χ1) is 9.27. The van der Waals surface area contributed by atoms with E-state index in [4.69, 9.17) is 0 Å². The average Bonchev–Trinajstić information content (AvgIpc) is 3.14. The van der Waals surface area contributed by atoms with Gasteiger partial charge in [0.2, 0.25) is 0 Å². The van der Waals surface area contributed by atoms with Crippen molar-refractivity contribution in [2.45, 2.75) is 37.7 Å². The van der Waals surface area contributed by atoms with Gasteiger partial charge in [-0.15, -0.1) is 0 Å². The smallest absolute Gasteiger partial charge is 0.390 e. The molecule has 1 atom stereocenters. The summed E-state index contributed by atoms with van der Waals surface area (Å²) in [5.74, 6) is 0. The van der Waals surface area contributed by atoms with Crippen molar-refractivity contribution in [2.24, 2.45) is 0 Å². The molecule has 0 amide bonds. The van der Waals surface area contributed by atoms with Crippen molar-refractivity contribution >= 4 is 0 Å². The molecular weight excluding hydrogens is 275 g/mol. The van der Waals surface area contributed by atoms with Crippen LogP contribution in [0, 0.1) is 0 Å². The lowest BCUT2D eigenvalue weighted by molar-refractivity contribution is -0.142. The molecule has 20 heavy (non-hydrogen) atoms. The van der Waals surface area contributed by atoms with Crippen LogP contribution in [0.1, 0.15) is 18.5 Å². The first-order valence-electron chi connectivity index (χ1n) is 6.31. The molecule has 1 fully saturated rings. The molecule has 2 rings (SSSR count). The Balaban J connectivity index is 2.05. The van der Waals surface area contributed by atoms with E-state index in [1.54, 1.807) is 0 Å². The van der Waals surface area contributed by atoms with Gasteiger partial charge in [-0.25, -0.2) is 4.68 Å². The van der Waals surface area contributed by atoms with Crippen molar-refractivity contribution in [1.29, 1.82) is 0 Å². The van der Waals surface area contributed by atoms with Gasteiger partial charge in [-0.1, -0.05) is 0 Å². The zero-order valence-electron chi connectivity index (χ0n) is 11.0. The predicted octanol–water partition coefficient (Wildman–Crippen LogP) is 0.717. The van der Waals surface area contributed by atoms with Crippen LogP contribution < -0.4 is 5.56 Å².